The summed E-state index contributed by atoms with van der Waals surface area (Å²) in [5, 5.41) is 13.0. The van der Waals surface area contributed by atoms with Gasteiger partial charge in [-0.05, 0) is 25.3 Å². The van der Waals surface area contributed by atoms with E-state index < -0.39 is 18.2 Å². The van der Waals surface area contributed by atoms with Crippen molar-refractivity contribution in [3.8, 4) is 0 Å². The van der Waals surface area contributed by atoms with Crippen LogP contribution in [-0.2, 0) is 9.59 Å². The lowest BCUT2D eigenvalue weighted by Crippen LogP contribution is -2.49. The van der Waals surface area contributed by atoms with Gasteiger partial charge in [-0.2, -0.15) is 0 Å². The van der Waals surface area contributed by atoms with Crippen molar-refractivity contribution in [1.29, 1.82) is 0 Å². The van der Waals surface area contributed by atoms with Gasteiger partial charge in [-0.25, -0.2) is 4.99 Å². The molecule has 3 atom stereocenters. The fraction of sp³-hybridized carbons (Fsp3) is 0.375. The molecule has 2 N–H and O–H groups in total. The van der Waals surface area contributed by atoms with E-state index in [9.17, 15) is 14.7 Å². The molecule has 2 unspecified atom stereocenters. The second-order valence-electron chi connectivity index (χ2n) is 8.20. The van der Waals surface area contributed by atoms with Crippen LogP contribution in [0.4, 0.5) is 5.69 Å². The number of para-hydroxylation sites is 1. The Kier molecular flexibility index (Phi) is 5.68. The first-order valence-electron chi connectivity index (χ1n) is 10.4. The van der Waals surface area contributed by atoms with Gasteiger partial charge >= 0.3 is 0 Å². The fourth-order valence-corrected chi connectivity index (χ4v) is 3.92. The summed E-state index contributed by atoms with van der Waals surface area (Å²) in [6.07, 6.45) is 0.987. The maximum Gasteiger partial charge on any atom is 0.272 e. The molecular formula is C24H27N3O3. The molecule has 0 saturated heterocycles. The number of fused-ring (bicyclic) bond motifs is 1. The van der Waals surface area contributed by atoms with Gasteiger partial charge in [-0.1, -0.05) is 61.4 Å². The van der Waals surface area contributed by atoms with Crippen molar-refractivity contribution in [1.82, 2.24) is 5.32 Å². The second kappa shape index (κ2) is 8.40. The molecular weight excluding hydrogens is 378 g/mol. The first-order chi connectivity index (χ1) is 14.5. The fourth-order valence-electron chi connectivity index (χ4n) is 3.92. The van der Waals surface area contributed by atoms with Gasteiger partial charge in [-0.3, -0.25) is 9.59 Å². The minimum absolute atomic E-state index is 0.308. The quantitative estimate of drug-likeness (QED) is 0.775. The van der Waals surface area contributed by atoms with Crippen LogP contribution in [0.2, 0.25) is 0 Å². The normalized spacial score (nSPS) is 20.6. The third kappa shape index (κ3) is 4.14. The van der Waals surface area contributed by atoms with E-state index in [-0.39, 0.29) is 11.8 Å². The van der Waals surface area contributed by atoms with Crippen LogP contribution in [0.15, 0.2) is 59.6 Å². The molecule has 1 aliphatic carbocycles. The van der Waals surface area contributed by atoms with Gasteiger partial charge in [0.25, 0.3) is 5.91 Å². The third-order valence-corrected chi connectivity index (χ3v) is 5.87. The van der Waals surface area contributed by atoms with Gasteiger partial charge < -0.3 is 15.3 Å². The predicted octanol–water partition coefficient (Wildman–Crippen LogP) is 2.74. The number of rotatable bonds is 6. The Labute approximate surface area is 176 Å². The third-order valence-electron chi connectivity index (χ3n) is 5.87. The Bertz CT molecular complexity index is 967. The molecule has 1 aliphatic heterocycles. The summed E-state index contributed by atoms with van der Waals surface area (Å²) in [6.45, 7) is 1.63. The zero-order valence-electron chi connectivity index (χ0n) is 17.3. The number of amides is 2. The molecule has 156 valence electrons. The van der Waals surface area contributed by atoms with Crippen LogP contribution in [0.5, 0.6) is 0 Å². The number of carbonyl (C=O) groups is 2. The average Bonchev–Trinajstić information content (AvgIpc) is 3.58. The molecule has 2 amide bonds. The van der Waals surface area contributed by atoms with Crippen molar-refractivity contribution in [2.45, 2.75) is 38.5 Å². The van der Waals surface area contributed by atoms with Crippen molar-refractivity contribution in [2.24, 2.45) is 16.8 Å². The Morgan fingerprint density at radius 3 is 2.50 bits per heavy atom. The van der Waals surface area contributed by atoms with Crippen LogP contribution < -0.4 is 10.2 Å². The number of anilines is 1. The van der Waals surface area contributed by atoms with E-state index in [1.165, 1.54) is 4.90 Å². The summed E-state index contributed by atoms with van der Waals surface area (Å²) < 4.78 is 0. The molecule has 0 radical (unpaired) electrons. The summed E-state index contributed by atoms with van der Waals surface area (Å²) >= 11 is 0. The number of hydrogen-bond donors (Lipinski definition) is 2. The van der Waals surface area contributed by atoms with Crippen molar-refractivity contribution in [3.05, 3.63) is 65.7 Å². The van der Waals surface area contributed by atoms with E-state index in [0.717, 1.165) is 29.7 Å². The minimum atomic E-state index is -1.05. The van der Waals surface area contributed by atoms with E-state index in [2.05, 4.69) is 5.32 Å². The monoisotopic (exact) mass is 405 g/mol. The van der Waals surface area contributed by atoms with Gasteiger partial charge in [0.15, 0.2) is 0 Å². The highest BCUT2D eigenvalue weighted by Crippen LogP contribution is 2.36. The molecule has 0 aromatic heterocycles. The molecule has 2 aromatic rings. The molecule has 30 heavy (non-hydrogen) atoms. The number of hydrogen-bond acceptors (Lipinski definition) is 4. The summed E-state index contributed by atoms with van der Waals surface area (Å²) in [6, 6.07) is 17.2. The van der Waals surface area contributed by atoms with E-state index in [0.29, 0.717) is 18.1 Å². The van der Waals surface area contributed by atoms with E-state index in [4.69, 9.17) is 4.99 Å². The highest BCUT2D eigenvalue weighted by molar-refractivity contribution is 6.20. The number of likely N-dealkylation sites (N-methyl/N-ethyl adjacent to an activating group) is 1. The van der Waals surface area contributed by atoms with Crippen molar-refractivity contribution in [3.63, 3.8) is 0 Å². The Morgan fingerprint density at radius 2 is 1.83 bits per heavy atom. The van der Waals surface area contributed by atoms with Gasteiger partial charge in [0.05, 0.1) is 23.4 Å². The number of nitrogens with one attached hydrogen (secondary N) is 1. The predicted molar refractivity (Wildman–Crippen MR) is 116 cm³/mol. The highest BCUT2D eigenvalue weighted by Gasteiger charge is 2.36. The van der Waals surface area contributed by atoms with Crippen LogP contribution in [0, 0.1) is 11.8 Å². The molecule has 4 rings (SSSR count). The van der Waals surface area contributed by atoms with Gasteiger partial charge in [0.1, 0.15) is 0 Å². The molecule has 1 saturated carbocycles. The van der Waals surface area contributed by atoms with Crippen LogP contribution in [0.1, 0.15) is 37.3 Å². The Morgan fingerprint density at radius 1 is 1.17 bits per heavy atom. The maximum atomic E-state index is 13.2. The first kappa shape index (κ1) is 20.3. The van der Waals surface area contributed by atoms with Crippen LogP contribution >= 0.6 is 0 Å². The van der Waals surface area contributed by atoms with Crippen molar-refractivity contribution < 1.29 is 14.7 Å². The summed E-state index contributed by atoms with van der Waals surface area (Å²) in [4.78, 5) is 32.4. The second-order valence-corrected chi connectivity index (χ2v) is 8.20. The maximum absolute atomic E-state index is 13.2. The van der Waals surface area contributed by atoms with Crippen molar-refractivity contribution in [2.75, 3.05) is 11.9 Å². The zero-order valence-corrected chi connectivity index (χ0v) is 17.3. The number of nitrogens with zero attached hydrogens (tertiary/aromatic N) is 2. The largest absolute Gasteiger partial charge is 0.393 e. The molecule has 1 heterocycles. The average molecular weight is 405 g/mol. The smallest absolute Gasteiger partial charge is 0.272 e. The molecule has 0 bridgehead atoms. The van der Waals surface area contributed by atoms with E-state index >= 15 is 0 Å². The standard InChI is InChI=1S/C24H27N3O3/c1-15(28)19(14-16-12-13-16)23(29)26-22-24(30)27(2)20-11-7-6-10-18(20)21(25-22)17-8-4-3-5-9-17/h3-11,15-16,19,22,28H,12-14H2,1-2H3,(H,26,29)/t15?,19?,22-/m1/s1. The number of aliphatic hydroxyl groups is 1. The van der Waals surface area contributed by atoms with Gasteiger partial charge in [0, 0.05) is 18.2 Å². The Hall–Kier alpha value is -2.99. The summed E-state index contributed by atoms with van der Waals surface area (Å²) in [5.74, 6) is -0.699. The molecule has 6 nitrogen and oxygen atoms in total. The number of benzene rings is 2. The highest BCUT2D eigenvalue weighted by atomic mass is 16.3. The zero-order chi connectivity index (χ0) is 21.3. The molecule has 6 heteroatoms. The number of aliphatic imine (C=N–C) groups is 1. The number of aliphatic hydroxyl groups excluding tert-OH is 1. The molecule has 0 spiro atoms. The molecule has 1 fully saturated rings. The van der Waals surface area contributed by atoms with Gasteiger partial charge in [0.2, 0.25) is 12.1 Å². The van der Waals surface area contributed by atoms with E-state index in [1.54, 1.807) is 14.0 Å². The number of carbonyl (C=O) groups excluding carboxylic acids is 2. The van der Waals surface area contributed by atoms with Crippen molar-refractivity contribution >= 4 is 23.2 Å². The van der Waals surface area contributed by atoms with Crippen LogP contribution in [-0.4, -0.2) is 41.9 Å². The van der Waals surface area contributed by atoms with Crippen LogP contribution in [0.3, 0.4) is 0 Å². The summed E-state index contributed by atoms with van der Waals surface area (Å²) in [7, 11) is 1.69. The molecule has 2 aliphatic rings. The lowest BCUT2D eigenvalue weighted by atomic mass is 9.95. The lowest BCUT2D eigenvalue weighted by molar-refractivity contribution is -0.132. The first-order valence-corrected chi connectivity index (χ1v) is 10.4. The lowest BCUT2D eigenvalue weighted by Gasteiger charge is -2.24. The van der Waals surface area contributed by atoms with Crippen LogP contribution in [0.25, 0.3) is 0 Å². The summed E-state index contributed by atoms with van der Waals surface area (Å²) in [5.41, 5.74) is 3.11. The minimum Gasteiger partial charge on any atom is -0.393 e. The SMILES string of the molecule is CC(O)C(CC1CC1)C(=O)N[C@H]1N=C(c2ccccc2)c2ccccc2N(C)C1=O. The molecule has 2 aromatic carbocycles. The van der Waals surface area contributed by atoms with Gasteiger partial charge in [-0.15, -0.1) is 0 Å². The Balaban J connectivity index is 1.70. The van der Waals surface area contributed by atoms with E-state index in [1.807, 2.05) is 54.6 Å². The number of benzodiazepines with no additional fused rings is 1. The topological polar surface area (TPSA) is 82.0 Å².